The number of halogens is 3. The highest BCUT2D eigenvalue weighted by atomic mass is 28.3. The second-order valence-electron chi connectivity index (χ2n) is 11.9. The van der Waals surface area contributed by atoms with E-state index in [1.54, 1.807) is 0 Å². The first kappa shape index (κ1) is 29.1. The molecule has 39 heavy (non-hydrogen) atoms. The normalized spacial score (nSPS) is 17.2. The molecule has 0 aliphatic heterocycles. The van der Waals surface area contributed by atoms with Crippen LogP contribution in [0.25, 0.3) is 22.3 Å². The minimum atomic E-state index is -5.08. The third-order valence-corrected chi connectivity index (χ3v) is 9.08. The maximum atomic E-state index is 10.6. The third-order valence-electron chi connectivity index (χ3n) is 7.38. The van der Waals surface area contributed by atoms with E-state index in [0.717, 1.165) is 52.6 Å². The number of aryl methyl sites for hydroxylation is 1. The fraction of sp³-hybridized carbons (Fsp3) is 0.630. The average molecular weight is 566 g/mol. The molecule has 2 fully saturated rings. The molecule has 214 valence electrons. The summed E-state index contributed by atoms with van der Waals surface area (Å²) >= 11 is 0. The highest BCUT2D eigenvalue weighted by molar-refractivity contribution is 6.76. The van der Waals surface area contributed by atoms with Crippen LogP contribution in [0.1, 0.15) is 56.8 Å². The number of carboxylic acid groups (broad SMARTS) is 1. The van der Waals surface area contributed by atoms with Gasteiger partial charge in [0.1, 0.15) is 12.4 Å². The lowest BCUT2D eigenvalue weighted by Gasteiger charge is -2.24. The van der Waals surface area contributed by atoms with E-state index in [0.29, 0.717) is 6.04 Å². The molecule has 1 atom stereocenters. The van der Waals surface area contributed by atoms with Crippen molar-refractivity contribution in [2.24, 2.45) is 11.8 Å². The Labute approximate surface area is 227 Å². The van der Waals surface area contributed by atoms with Crippen LogP contribution in [0.2, 0.25) is 25.7 Å². The summed E-state index contributed by atoms with van der Waals surface area (Å²) in [7, 11) is -1.14. The highest BCUT2D eigenvalue weighted by Gasteiger charge is 2.38. The monoisotopic (exact) mass is 565 g/mol. The van der Waals surface area contributed by atoms with Gasteiger partial charge in [0.2, 0.25) is 0 Å². The molecule has 0 aromatic carbocycles. The minimum absolute atomic E-state index is 0.534. The number of carbonyl (C=O) groups is 1. The van der Waals surface area contributed by atoms with Gasteiger partial charge in [-0.1, -0.05) is 45.3 Å². The fourth-order valence-corrected chi connectivity index (χ4v) is 5.77. The Morgan fingerprint density at radius 3 is 2.44 bits per heavy atom. The van der Waals surface area contributed by atoms with E-state index in [2.05, 4.69) is 36.6 Å². The van der Waals surface area contributed by atoms with Crippen molar-refractivity contribution in [2.45, 2.75) is 89.8 Å². The molecule has 12 heteroatoms. The Morgan fingerprint density at radius 2 is 1.85 bits per heavy atom. The van der Waals surface area contributed by atoms with Gasteiger partial charge in [-0.3, -0.25) is 4.68 Å². The topological polar surface area (TPSA) is 95.1 Å². The van der Waals surface area contributed by atoms with E-state index in [9.17, 15) is 13.2 Å². The molecular formula is C27H38F3N5O3Si. The van der Waals surface area contributed by atoms with Gasteiger partial charge in [-0.15, -0.1) is 0 Å². The van der Waals surface area contributed by atoms with Gasteiger partial charge < -0.3 is 9.94 Å². The van der Waals surface area contributed by atoms with E-state index in [4.69, 9.17) is 29.8 Å². The van der Waals surface area contributed by atoms with Crippen LogP contribution in [-0.4, -0.2) is 56.4 Å². The average Bonchev–Trinajstić information content (AvgIpc) is 3.23. The molecule has 0 amide bonds. The quantitative estimate of drug-likeness (QED) is 0.296. The largest absolute Gasteiger partial charge is 0.490 e. The molecule has 3 heterocycles. The smallest absolute Gasteiger partial charge is 0.475 e. The zero-order valence-electron chi connectivity index (χ0n) is 23.0. The van der Waals surface area contributed by atoms with Crippen molar-refractivity contribution >= 4 is 25.1 Å². The van der Waals surface area contributed by atoms with Crippen LogP contribution in [0.5, 0.6) is 0 Å². The van der Waals surface area contributed by atoms with Crippen LogP contribution in [-0.2, 0) is 4.79 Å². The Bertz CT molecular complexity index is 1270. The summed E-state index contributed by atoms with van der Waals surface area (Å²) in [5.41, 5.74) is 2.89. The van der Waals surface area contributed by atoms with Gasteiger partial charge in [0.15, 0.2) is 5.65 Å². The number of carboxylic acids is 1. The van der Waals surface area contributed by atoms with Crippen LogP contribution in [0.15, 0.2) is 24.7 Å². The number of alkyl halides is 3. The molecule has 2 saturated carbocycles. The molecule has 5 rings (SSSR count). The van der Waals surface area contributed by atoms with Crippen molar-refractivity contribution in [3.63, 3.8) is 0 Å². The fourth-order valence-electron chi connectivity index (χ4n) is 5.07. The molecule has 2 aliphatic carbocycles. The Balaban J connectivity index is 0.000000448. The Kier molecular flexibility index (Phi) is 8.72. The summed E-state index contributed by atoms with van der Waals surface area (Å²) < 4.78 is 35.8. The van der Waals surface area contributed by atoms with Crippen LogP contribution in [0, 0.1) is 18.8 Å². The van der Waals surface area contributed by atoms with Gasteiger partial charge in [-0.2, -0.15) is 23.0 Å². The van der Waals surface area contributed by atoms with Gasteiger partial charge in [-0.05, 0) is 50.1 Å². The van der Waals surface area contributed by atoms with Gasteiger partial charge in [0, 0.05) is 31.4 Å². The van der Waals surface area contributed by atoms with Crippen molar-refractivity contribution in [2.75, 3.05) is 6.61 Å². The van der Waals surface area contributed by atoms with E-state index in [1.165, 1.54) is 44.9 Å². The number of aromatic nitrogens is 5. The lowest BCUT2D eigenvalue weighted by atomic mass is 9.93. The van der Waals surface area contributed by atoms with Gasteiger partial charge >= 0.3 is 12.1 Å². The molecule has 3 aromatic heterocycles. The number of fused-ring (bicyclic) bond motifs is 1. The molecule has 1 N–H and O–H groups in total. The highest BCUT2D eigenvalue weighted by Crippen LogP contribution is 2.44. The summed E-state index contributed by atoms with van der Waals surface area (Å²) in [6, 6.07) is 3.74. The van der Waals surface area contributed by atoms with Crippen LogP contribution in [0.3, 0.4) is 0 Å². The summed E-state index contributed by atoms with van der Waals surface area (Å²) in [5, 5.41) is 13.0. The molecular weight excluding hydrogens is 527 g/mol. The summed E-state index contributed by atoms with van der Waals surface area (Å²) in [5.74, 6) is -0.313. The molecule has 0 radical (unpaired) electrons. The van der Waals surface area contributed by atoms with Crippen molar-refractivity contribution in [1.29, 1.82) is 0 Å². The van der Waals surface area contributed by atoms with Crippen molar-refractivity contribution < 1.29 is 27.9 Å². The SMILES string of the molecule is Cc1nc(-c2cnn(C(CC3CC3)C3CCCC3)c2)c2ccn(OCC[Si](C)(C)C)c2n1.O=C(O)C(F)(F)F. The zero-order valence-corrected chi connectivity index (χ0v) is 24.0. The van der Waals surface area contributed by atoms with Gasteiger partial charge in [0.25, 0.3) is 0 Å². The number of hydrogen-bond acceptors (Lipinski definition) is 5. The van der Waals surface area contributed by atoms with Crippen LogP contribution < -0.4 is 4.84 Å². The molecule has 1 unspecified atom stereocenters. The van der Waals surface area contributed by atoms with Crippen molar-refractivity contribution in [3.05, 3.63) is 30.5 Å². The predicted molar refractivity (Wildman–Crippen MR) is 145 cm³/mol. The molecule has 0 saturated heterocycles. The molecule has 0 bridgehead atoms. The lowest BCUT2D eigenvalue weighted by molar-refractivity contribution is -0.192. The zero-order chi connectivity index (χ0) is 28.4. The Hall–Kier alpha value is -2.89. The molecule has 2 aliphatic rings. The molecule has 3 aromatic rings. The number of hydrogen-bond donors (Lipinski definition) is 1. The lowest BCUT2D eigenvalue weighted by Crippen LogP contribution is -2.25. The van der Waals surface area contributed by atoms with E-state index in [1.807, 2.05) is 24.0 Å². The van der Waals surface area contributed by atoms with Crippen molar-refractivity contribution in [1.82, 2.24) is 24.5 Å². The maximum Gasteiger partial charge on any atom is 0.490 e. The second kappa shape index (κ2) is 11.7. The van der Waals surface area contributed by atoms with E-state index < -0.39 is 20.2 Å². The first-order valence-corrected chi connectivity index (χ1v) is 17.4. The van der Waals surface area contributed by atoms with E-state index >= 15 is 0 Å². The standard InChI is InChI=1S/C25H37N5OSi.C2HF3O2/c1-18-27-24(22-11-12-30(25(22)28-18)31-13-14-32(2,3)4)21-16-26-29(17-21)23(15-19-9-10-19)20-7-5-6-8-20;3-2(4,5)1(6)7/h11-12,16-17,19-20,23H,5-10,13-15H2,1-4H3;(H,6,7). The van der Waals surface area contributed by atoms with Crippen molar-refractivity contribution in [3.8, 4) is 11.3 Å². The molecule has 8 nitrogen and oxygen atoms in total. The van der Waals surface area contributed by atoms with E-state index in [-0.39, 0.29) is 0 Å². The summed E-state index contributed by atoms with van der Waals surface area (Å²) in [6.07, 6.45) is 10.6. The Morgan fingerprint density at radius 1 is 1.18 bits per heavy atom. The first-order chi connectivity index (χ1) is 18.3. The molecule has 0 spiro atoms. The number of nitrogens with zero attached hydrogens (tertiary/aromatic N) is 5. The maximum absolute atomic E-state index is 10.6. The van der Waals surface area contributed by atoms with Gasteiger partial charge in [0.05, 0.1) is 17.9 Å². The van der Waals surface area contributed by atoms with Gasteiger partial charge in [-0.25, -0.2) is 14.8 Å². The number of aliphatic carboxylic acids is 1. The van der Waals surface area contributed by atoms with Crippen LogP contribution in [0.4, 0.5) is 13.2 Å². The summed E-state index contributed by atoms with van der Waals surface area (Å²) in [4.78, 5) is 24.5. The summed E-state index contributed by atoms with van der Waals surface area (Å²) in [6.45, 7) is 9.79. The predicted octanol–water partition coefficient (Wildman–Crippen LogP) is 6.53. The third kappa shape index (κ3) is 7.83. The first-order valence-electron chi connectivity index (χ1n) is 13.7. The second-order valence-corrected chi connectivity index (χ2v) is 17.6. The minimum Gasteiger partial charge on any atom is -0.475 e. The number of rotatable bonds is 9. The van der Waals surface area contributed by atoms with Crippen LogP contribution >= 0.6 is 0 Å².